The highest BCUT2D eigenvalue weighted by Gasteiger charge is 2.17. The summed E-state index contributed by atoms with van der Waals surface area (Å²) < 4.78 is 5.50. The maximum Gasteiger partial charge on any atom is 0.270 e. The van der Waals surface area contributed by atoms with Crippen molar-refractivity contribution in [2.24, 2.45) is 5.92 Å². The molecule has 1 fully saturated rings. The van der Waals surface area contributed by atoms with Gasteiger partial charge < -0.3 is 15.4 Å². The van der Waals surface area contributed by atoms with Crippen molar-refractivity contribution >= 4 is 11.7 Å². The molecule has 1 aliphatic rings. The second kappa shape index (κ2) is 8.08. The molecule has 1 saturated heterocycles. The summed E-state index contributed by atoms with van der Waals surface area (Å²) in [5.74, 6) is 1.75. The molecule has 1 aliphatic heterocycles. The molecule has 1 atom stereocenters. The summed E-state index contributed by atoms with van der Waals surface area (Å²) in [6.07, 6.45) is 3.27. The van der Waals surface area contributed by atoms with Crippen molar-refractivity contribution in [1.29, 1.82) is 0 Å². The molecule has 1 amide bonds. The minimum atomic E-state index is -0.173. The molecule has 0 spiro atoms. The molecule has 22 heavy (non-hydrogen) atoms. The number of carbonyl (C=O) groups is 1. The van der Waals surface area contributed by atoms with Crippen LogP contribution in [0.25, 0.3) is 0 Å². The Hall–Kier alpha value is -1.69. The van der Waals surface area contributed by atoms with E-state index >= 15 is 0 Å². The first kappa shape index (κ1) is 16.7. The Balaban J connectivity index is 1.91. The number of aryl methyl sites for hydroxylation is 1. The lowest BCUT2D eigenvalue weighted by atomic mass is 10.1. The Bertz CT molecular complexity index is 499. The van der Waals surface area contributed by atoms with Gasteiger partial charge in [-0.3, -0.25) is 4.79 Å². The average molecular weight is 306 g/mol. The molecule has 122 valence electrons. The van der Waals surface area contributed by atoms with Crippen LogP contribution in [0, 0.1) is 12.8 Å². The molecule has 2 heterocycles. The predicted octanol–water partition coefficient (Wildman–Crippen LogP) is 2.15. The lowest BCUT2D eigenvalue weighted by Crippen LogP contribution is -2.32. The summed E-state index contributed by atoms with van der Waals surface area (Å²) in [7, 11) is 0. The topological polar surface area (TPSA) is 76.1 Å². The van der Waals surface area contributed by atoms with Crippen LogP contribution >= 0.6 is 0 Å². The summed E-state index contributed by atoms with van der Waals surface area (Å²) in [6.45, 7) is 8.32. The van der Waals surface area contributed by atoms with Gasteiger partial charge in [0.15, 0.2) is 0 Å². The van der Waals surface area contributed by atoms with E-state index in [9.17, 15) is 4.79 Å². The number of aromatic nitrogens is 2. The summed E-state index contributed by atoms with van der Waals surface area (Å²) in [5, 5.41) is 6.14. The maximum atomic E-state index is 12.2. The van der Waals surface area contributed by atoms with E-state index in [1.54, 1.807) is 13.0 Å². The normalized spacial score (nSPS) is 17.7. The fourth-order valence-corrected chi connectivity index (χ4v) is 2.37. The van der Waals surface area contributed by atoms with Crippen molar-refractivity contribution < 1.29 is 9.53 Å². The average Bonchev–Trinajstić information content (AvgIpc) is 2.97. The number of ether oxygens (including phenoxy) is 1. The molecule has 0 saturated carbocycles. The van der Waals surface area contributed by atoms with Crippen molar-refractivity contribution in [2.75, 3.05) is 25.0 Å². The molecule has 2 N–H and O–H groups in total. The van der Waals surface area contributed by atoms with E-state index in [0.29, 0.717) is 29.8 Å². The van der Waals surface area contributed by atoms with Crippen molar-refractivity contribution in [1.82, 2.24) is 15.3 Å². The van der Waals surface area contributed by atoms with Crippen LogP contribution in [0.4, 0.5) is 5.82 Å². The van der Waals surface area contributed by atoms with E-state index < -0.39 is 0 Å². The van der Waals surface area contributed by atoms with Gasteiger partial charge in [0, 0.05) is 25.8 Å². The first-order valence-corrected chi connectivity index (χ1v) is 8.04. The SMILES string of the molecule is Cc1nc(NCCC(C)C)cc(C(=O)NCC2CCCO2)n1. The fraction of sp³-hybridized carbons (Fsp3) is 0.688. The third-order valence-electron chi connectivity index (χ3n) is 3.61. The predicted molar refractivity (Wildman–Crippen MR) is 86.0 cm³/mol. The number of rotatable bonds is 7. The molecule has 6 nitrogen and oxygen atoms in total. The highest BCUT2D eigenvalue weighted by atomic mass is 16.5. The quantitative estimate of drug-likeness (QED) is 0.807. The van der Waals surface area contributed by atoms with Crippen LogP contribution in [0.2, 0.25) is 0 Å². The zero-order valence-corrected chi connectivity index (χ0v) is 13.7. The Morgan fingerprint density at radius 1 is 1.45 bits per heavy atom. The van der Waals surface area contributed by atoms with Crippen LogP contribution in [-0.4, -0.2) is 41.7 Å². The monoisotopic (exact) mass is 306 g/mol. The smallest absolute Gasteiger partial charge is 0.270 e. The van der Waals surface area contributed by atoms with Crippen LogP contribution in [0.1, 0.15) is 49.4 Å². The first-order chi connectivity index (χ1) is 10.5. The summed E-state index contributed by atoms with van der Waals surface area (Å²) in [5.41, 5.74) is 0.401. The molecule has 0 aliphatic carbocycles. The molecule has 0 bridgehead atoms. The Labute approximate surface area is 132 Å². The second-order valence-corrected chi connectivity index (χ2v) is 6.14. The number of carbonyl (C=O) groups excluding carboxylic acids is 1. The van der Waals surface area contributed by atoms with Crippen LogP contribution in [0.5, 0.6) is 0 Å². The van der Waals surface area contributed by atoms with E-state index in [0.717, 1.165) is 32.4 Å². The molecule has 2 rings (SSSR count). The molecular formula is C16H26N4O2. The van der Waals surface area contributed by atoms with E-state index in [1.807, 2.05) is 0 Å². The minimum Gasteiger partial charge on any atom is -0.376 e. The van der Waals surface area contributed by atoms with Crippen molar-refractivity contribution in [3.8, 4) is 0 Å². The van der Waals surface area contributed by atoms with Gasteiger partial charge in [0.05, 0.1) is 6.10 Å². The van der Waals surface area contributed by atoms with Crippen LogP contribution < -0.4 is 10.6 Å². The number of amides is 1. The van der Waals surface area contributed by atoms with Gasteiger partial charge in [-0.15, -0.1) is 0 Å². The van der Waals surface area contributed by atoms with E-state index in [4.69, 9.17) is 4.74 Å². The Morgan fingerprint density at radius 2 is 2.27 bits per heavy atom. The second-order valence-electron chi connectivity index (χ2n) is 6.14. The highest BCUT2D eigenvalue weighted by Crippen LogP contribution is 2.11. The molecule has 0 aromatic carbocycles. The number of nitrogens with zero attached hydrogens (tertiary/aromatic N) is 2. The third-order valence-corrected chi connectivity index (χ3v) is 3.61. The van der Waals surface area contributed by atoms with Gasteiger partial charge in [-0.25, -0.2) is 9.97 Å². The van der Waals surface area contributed by atoms with Crippen molar-refractivity contribution in [3.63, 3.8) is 0 Å². The summed E-state index contributed by atoms with van der Waals surface area (Å²) in [6, 6.07) is 1.71. The van der Waals surface area contributed by atoms with Gasteiger partial charge in [0.25, 0.3) is 5.91 Å². The maximum absolute atomic E-state index is 12.2. The van der Waals surface area contributed by atoms with Gasteiger partial charge in [0.2, 0.25) is 0 Å². The largest absolute Gasteiger partial charge is 0.376 e. The molecule has 1 aromatic heterocycles. The number of nitrogens with one attached hydrogen (secondary N) is 2. The molecule has 6 heteroatoms. The third kappa shape index (κ3) is 5.26. The number of anilines is 1. The van der Waals surface area contributed by atoms with Crippen molar-refractivity contribution in [2.45, 2.75) is 46.1 Å². The molecule has 1 unspecified atom stereocenters. The van der Waals surface area contributed by atoms with Crippen LogP contribution in [0.15, 0.2) is 6.07 Å². The van der Waals surface area contributed by atoms with Crippen LogP contribution in [-0.2, 0) is 4.74 Å². The minimum absolute atomic E-state index is 0.135. The zero-order chi connectivity index (χ0) is 15.9. The molecule has 0 radical (unpaired) electrons. The lowest BCUT2D eigenvalue weighted by molar-refractivity contribution is 0.0853. The van der Waals surface area contributed by atoms with Gasteiger partial charge in [-0.2, -0.15) is 0 Å². The Kier molecular flexibility index (Phi) is 6.12. The Morgan fingerprint density at radius 3 is 2.95 bits per heavy atom. The highest BCUT2D eigenvalue weighted by molar-refractivity contribution is 5.92. The number of hydrogen-bond donors (Lipinski definition) is 2. The van der Waals surface area contributed by atoms with Crippen LogP contribution in [0.3, 0.4) is 0 Å². The number of hydrogen-bond acceptors (Lipinski definition) is 5. The first-order valence-electron chi connectivity index (χ1n) is 8.04. The van der Waals surface area contributed by atoms with E-state index in [2.05, 4.69) is 34.4 Å². The van der Waals surface area contributed by atoms with Gasteiger partial charge in [-0.05, 0) is 32.1 Å². The fourth-order valence-electron chi connectivity index (χ4n) is 2.37. The van der Waals surface area contributed by atoms with E-state index in [1.165, 1.54) is 0 Å². The van der Waals surface area contributed by atoms with Crippen molar-refractivity contribution in [3.05, 3.63) is 17.6 Å². The van der Waals surface area contributed by atoms with Gasteiger partial charge >= 0.3 is 0 Å². The van der Waals surface area contributed by atoms with Gasteiger partial charge in [-0.1, -0.05) is 13.8 Å². The lowest BCUT2D eigenvalue weighted by Gasteiger charge is -2.12. The summed E-state index contributed by atoms with van der Waals surface area (Å²) in [4.78, 5) is 20.7. The molecule has 1 aromatic rings. The van der Waals surface area contributed by atoms with E-state index in [-0.39, 0.29) is 12.0 Å². The molecular weight excluding hydrogens is 280 g/mol. The zero-order valence-electron chi connectivity index (χ0n) is 13.7. The van der Waals surface area contributed by atoms with Gasteiger partial charge in [0.1, 0.15) is 17.3 Å². The standard InChI is InChI=1S/C16H26N4O2/c1-11(2)6-7-17-15-9-14(19-12(3)20-15)16(21)18-10-13-5-4-8-22-13/h9,11,13H,4-8,10H2,1-3H3,(H,18,21)(H,17,19,20). The summed E-state index contributed by atoms with van der Waals surface area (Å²) >= 11 is 0.